The summed E-state index contributed by atoms with van der Waals surface area (Å²) in [6, 6.07) is 7.32. The molecule has 0 amide bonds. The van der Waals surface area contributed by atoms with Gasteiger partial charge in [-0.05, 0) is 31.9 Å². The number of nitriles is 1. The van der Waals surface area contributed by atoms with Crippen molar-refractivity contribution in [3.05, 3.63) is 46.0 Å². The number of hydrogen-bond donors (Lipinski definition) is 2. The third kappa shape index (κ3) is 3.66. The lowest BCUT2D eigenvalue weighted by molar-refractivity contribution is 0.521. The molecule has 118 valence electrons. The lowest BCUT2D eigenvalue weighted by Gasteiger charge is -2.33. The van der Waals surface area contributed by atoms with Crippen LogP contribution in [-0.2, 0) is 0 Å². The predicted octanol–water partition coefficient (Wildman–Crippen LogP) is 1.43. The molecule has 0 saturated carbocycles. The number of rotatable bonds is 3. The molecule has 0 spiro atoms. The van der Waals surface area contributed by atoms with E-state index < -0.39 is 0 Å². The molecule has 2 aromatic heterocycles. The summed E-state index contributed by atoms with van der Waals surface area (Å²) in [6.07, 6.45) is 3.59. The second-order valence-corrected chi connectivity index (χ2v) is 5.68. The van der Waals surface area contributed by atoms with Gasteiger partial charge in [0.2, 0.25) is 5.95 Å². The van der Waals surface area contributed by atoms with Gasteiger partial charge >= 0.3 is 0 Å². The van der Waals surface area contributed by atoms with Crippen molar-refractivity contribution in [3.63, 3.8) is 0 Å². The van der Waals surface area contributed by atoms with Gasteiger partial charge in [0.05, 0.1) is 5.56 Å². The van der Waals surface area contributed by atoms with Crippen molar-refractivity contribution < 1.29 is 0 Å². The second kappa shape index (κ2) is 6.48. The van der Waals surface area contributed by atoms with E-state index in [1.54, 1.807) is 12.3 Å². The number of anilines is 2. The van der Waals surface area contributed by atoms with Gasteiger partial charge < -0.3 is 10.2 Å². The molecule has 1 aliphatic heterocycles. The van der Waals surface area contributed by atoms with E-state index in [0.29, 0.717) is 17.2 Å². The van der Waals surface area contributed by atoms with Gasteiger partial charge in [-0.25, -0.2) is 9.97 Å². The molecule has 1 fully saturated rings. The molecule has 0 aliphatic carbocycles. The van der Waals surface area contributed by atoms with Crippen LogP contribution in [0.15, 0.2) is 29.2 Å². The summed E-state index contributed by atoms with van der Waals surface area (Å²) in [5, 5.41) is 12.2. The fourth-order valence-electron chi connectivity index (χ4n) is 2.75. The van der Waals surface area contributed by atoms with Crippen molar-refractivity contribution in [2.75, 3.05) is 23.3 Å². The van der Waals surface area contributed by atoms with Gasteiger partial charge in [-0.15, -0.1) is 0 Å². The van der Waals surface area contributed by atoms with Crippen LogP contribution in [0.2, 0.25) is 0 Å². The highest BCUT2D eigenvalue weighted by Crippen LogP contribution is 2.18. The van der Waals surface area contributed by atoms with E-state index in [4.69, 9.17) is 5.26 Å². The summed E-state index contributed by atoms with van der Waals surface area (Å²) >= 11 is 0. The van der Waals surface area contributed by atoms with Gasteiger partial charge in [-0.1, -0.05) is 0 Å². The van der Waals surface area contributed by atoms with Gasteiger partial charge in [0.25, 0.3) is 5.56 Å². The van der Waals surface area contributed by atoms with E-state index in [2.05, 4.69) is 31.2 Å². The van der Waals surface area contributed by atoms with E-state index in [1.807, 2.05) is 13.0 Å². The number of H-pyrrole nitrogens is 1. The molecule has 0 bridgehead atoms. The number of piperidine rings is 1. The standard InChI is InChI=1S/C16H18N6O/c1-11-7-15(23)21-16(19-11)22-6-2-3-13(10-22)20-14-5-4-12(8-17)9-18-14/h4-5,7,9,13H,2-3,6,10H2,1H3,(H,18,20)(H,19,21,23). The Balaban J connectivity index is 1.70. The highest BCUT2D eigenvalue weighted by Gasteiger charge is 2.21. The van der Waals surface area contributed by atoms with Crippen LogP contribution in [0.5, 0.6) is 0 Å². The molecule has 1 aliphatic rings. The normalized spacial score (nSPS) is 17.6. The number of nitrogens with zero attached hydrogens (tertiary/aromatic N) is 4. The quantitative estimate of drug-likeness (QED) is 0.890. The van der Waals surface area contributed by atoms with E-state index in [1.165, 1.54) is 6.07 Å². The summed E-state index contributed by atoms with van der Waals surface area (Å²) in [7, 11) is 0. The minimum Gasteiger partial charge on any atom is -0.366 e. The smallest absolute Gasteiger partial charge is 0.252 e. The summed E-state index contributed by atoms with van der Waals surface area (Å²) in [5.41, 5.74) is 1.13. The van der Waals surface area contributed by atoms with Gasteiger partial charge in [-0.3, -0.25) is 9.78 Å². The van der Waals surface area contributed by atoms with Crippen LogP contribution in [0, 0.1) is 18.3 Å². The van der Waals surface area contributed by atoms with Crippen LogP contribution in [0.25, 0.3) is 0 Å². The molecule has 3 heterocycles. The summed E-state index contributed by atoms with van der Waals surface area (Å²) in [6.45, 7) is 3.43. The molecule has 0 aromatic carbocycles. The highest BCUT2D eigenvalue weighted by molar-refractivity contribution is 5.41. The number of hydrogen-bond acceptors (Lipinski definition) is 6. The molecule has 1 unspecified atom stereocenters. The highest BCUT2D eigenvalue weighted by atomic mass is 16.1. The molecule has 7 heteroatoms. The predicted molar refractivity (Wildman–Crippen MR) is 87.4 cm³/mol. The topological polar surface area (TPSA) is 97.7 Å². The zero-order valence-corrected chi connectivity index (χ0v) is 12.9. The fraction of sp³-hybridized carbons (Fsp3) is 0.375. The molecule has 1 atom stereocenters. The molecule has 0 radical (unpaired) electrons. The second-order valence-electron chi connectivity index (χ2n) is 5.68. The lowest BCUT2D eigenvalue weighted by Crippen LogP contribution is -2.43. The summed E-state index contributed by atoms with van der Waals surface area (Å²) < 4.78 is 0. The van der Waals surface area contributed by atoms with Crippen molar-refractivity contribution >= 4 is 11.8 Å². The van der Waals surface area contributed by atoms with E-state index >= 15 is 0 Å². The first-order valence-corrected chi connectivity index (χ1v) is 7.59. The Morgan fingerprint density at radius 1 is 1.48 bits per heavy atom. The van der Waals surface area contributed by atoms with Crippen LogP contribution in [-0.4, -0.2) is 34.1 Å². The maximum absolute atomic E-state index is 11.6. The largest absolute Gasteiger partial charge is 0.366 e. The minimum atomic E-state index is -0.128. The molecular weight excluding hydrogens is 292 g/mol. The SMILES string of the molecule is Cc1cc(=O)[nH]c(N2CCCC(Nc3ccc(C#N)cn3)C2)n1. The molecule has 3 rings (SSSR count). The van der Waals surface area contributed by atoms with Gasteiger partial charge in [0, 0.05) is 37.1 Å². The third-order valence-electron chi connectivity index (χ3n) is 3.82. The monoisotopic (exact) mass is 310 g/mol. The number of aromatic nitrogens is 3. The van der Waals surface area contributed by atoms with Gasteiger partial charge in [0.1, 0.15) is 11.9 Å². The average Bonchev–Trinajstić information content (AvgIpc) is 2.55. The van der Waals surface area contributed by atoms with Crippen molar-refractivity contribution in [1.29, 1.82) is 5.26 Å². The fourth-order valence-corrected chi connectivity index (χ4v) is 2.75. The van der Waals surface area contributed by atoms with Crippen LogP contribution < -0.4 is 15.8 Å². The first kappa shape index (κ1) is 15.0. The van der Waals surface area contributed by atoms with Crippen molar-refractivity contribution in [2.45, 2.75) is 25.8 Å². The van der Waals surface area contributed by atoms with E-state index in [-0.39, 0.29) is 11.6 Å². The van der Waals surface area contributed by atoms with Crippen LogP contribution in [0.4, 0.5) is 11.8 Å². The van der Waals surface area contributed by atoms with E-state index in [9.17, 15) is 4.79 Å². The Morgan fingerprint density at radius 2 is 2.35 bits per heavy atom. The minimum absolute atomic E-state index is 0.128. The number of aromatic amines is 1. The molecule has 23 heavy (non-hydrogen) atoms. The zero-order chi connectivity index (χ0) is 16.2. The molecule has 7 nitrogen and oxygen atoms in total. The number of pyridine rings is 1. The average molecular weight is 310 g/mol. The van der Waals surface area contributed by atoms with Crippen molar-refractivity contribution in [3.8, 4) is 6.07 Å². The van der Waals surface area contributed by atoms with E-state index in [0.717, 1.165) is 31.7 Å². The Bertz CT molecular complexity index is 776. The number of aryl methyl sites for hydroxylation is 1. The maximum atomic E-state index is 11.6. The Kier molecular flexibility index (Phi) is 4.24. The summed E-state index contributed by atoms with van der Waals surface area (Å²) in [4.78, 5) is 25.1. The molecular formula is C16H18N6O. The van der Waals surface area contributed by atoms with Gasteiger partial charge in [-0.2, -0.15) is 5.26 Å². The molecule has 2 aromatic rings. The third-order valence-corrected chi connectivity index (χ3v) is 3.82. The van der Waals surface area contributed by atoms with Crippen LogP contribution in [0.1, 0.15) is 24.1 Å². The Hall–Kier alpha value is -2.88. The lowest BCUT2D eigenvalue weighted by atomic mass is 10.1. The van der Waals surface area contributed by atoms with Crippen LogP contribution >= 0.6 is 0 Å². The van der Waals surface area contributed by atoms with Crippen molar-refractivity contribution in [2.24, 2.45) is 0 Å². The summed E-state index contributed by atoms with van der Waals surface area (Å²) in [5.74, 6) is 1.37. The Morgan fingerprint density at radius 3 is 3.04 bits per heavy atom. The zero-order valence-electron chi connectivity index (χ0n) is 12.9. The van der Waals surface area contributed by atoms with Gasteiger partial charge in [0.15, 0.2) is 0 Å². The molecule has 2 N–H and O–H groups in total. The first-order chi connectivity index (χ1) is 11.1. The Labute approximate surface area is 134 Å². The first-order valence-electron chi connectivity index (χ1n) is 7.59. The van der Waals surface area contributed by atoms with Crippen LogP contribution in [0.3, 0.4) is 0 Å². The maximum Gasteiger partial charge on any atom is 0.252 e. The number of nitrogens with one attached hydrogen (secondary N) is 2. The van der Waals surface area contributed by atoms with Crippen molar-refractivity contribution in [1.82, 2.24) is 15.0 Å². The molecule has 1 saturated heterocycles.